The average Bonchev–Trinajstić information content (AvgIpc) is 3.60. The highest BCUT2D eigenvalue weighted by Crippen LogP contribution is 2.41. The largest absolute Gasteiger partial charge is 0.418 e. The second-order valence-corrected chi connectivity index (χ2v) is 8.48. The molecule has 0 aliphatic heterocycles. The van der Waals surface area contributed by atoms with E-state index in [1.807, 2.05) is 0 Å². The van der Waals surface area contributed by atoms with Crippen molar-refractivity contribution in [3.05, 3.63) is 94.9 Å². The molecular weight excluding hydrogens is 486 g/mol. The van der Waals surface area contributed by atoms with Gasteiger partial charge in [-0.25, -0.2) is 9.37 Å². The molecule has 1 saturated carbocycles. The van der Waals surface area contributed by atoms with Crippen LogP contribution in [0.3, 0.4) is 0 Å². The summed E-state index contributed by atoms with van der Waals surface area (Å²) in [5, 5.41) is 9.03. The molecular formula is C24H20ClF4N5O. The first-order valence-electron chi connectivity index (χ1n) is 10.5. The van der Waals surface area contributed by atoms with Crippen molar-refractivity contribution in [1.82, 2.24) is 20.6 Å². The van der Waals surface area contributed by atoms with Crippen LogP contribution in [0.5, 0.6) is 0 Å². The fraction of sp³-hybridized carbons (Fsp3) is 0.208. The Balaban J connectivity index is 1.34. The highest BCUT2D eigenvalue weighted by molar-refractivity contribution is 6.29. The Hall–Kier alpha value is -3.66. The minimum absolute atomic E-state index is 0.276. The maximum atomic E-state index is 13.3. The third-order valence-corrected chi connectivity index (χ3v) is 5.77. The van der Waals surface area contributed by atoms with Gasteiger partial charge in [0.1, 0.15) is 11.0 Å². The number of nitrogens with one attached hydrogen (secondary N) is 3. The van der Waals surface area contributed by atoms with E-state index in [0.717, 1.165) is 25.0 Å². The van der Waals surface area contributed by atoms with Crippen molar-refractivity contribution >= 4 is 28.9 Å². The van der Waals surface area contributed by atoms with E-state index in [1.54, 1.807) is 18.2 Å². The van der Waals surface area contributed by atoms with Gasteiger partial charge in [-0.2, -0.15) is 13.2 Å². The molecule has 1 aliphatic rings. The van der Waals surface area contributed by atoms with E-state index >= 15 is 0 Å². The monoisotopic (exact) mass is 505 g/mol. The first kappa shape index (κ1) is 24.5. The summed E-state index contributed by atoms with van der Waals surface area (Å²) < 4.78 is 52.9. The highest BCUT2D eigenvalue weighted by atomic mass is 35.5. The molecule has 1 amide bonds. The van der Waals surface area contributed by atoms with Crippen LogP contribution in [0.25, 0.3) is 0 Å². The molecule has 1 aromatic carbocycles. The van der Waals surface area contributed by atoms with Crippen molar-refractivity contribution in [2.75, 3.05) is 5.32 Å². The maximum Gasteiger partial charge on any atom is 0.418 e. The number of rotatable bonds is 8. The van der Waals surface area contributed by atoms with Crippen molar-refractivity contribution in [3.63, 3.8) is 0 Å². The van der Waals surface area contributed by atoms with Gasteiger partial charge in [0.05, 0.1) is 46.5 Å². The number of nitrogens with zero attached hydrogens (tertiary/aromatic N) is 2. The summed E-state index contributed by atoms with van der Waals surface area (Å²) >= 11 is 5.76. The number of halogens is 5. The van der Waals surface area contributed by atoms with Gasteiger partial charge in [0.2, 0.25) is 0 Å². The minimum atomic E-state index is -4.71. The molecule has 3 N–H and O–H groups in total. The van der Waals surface area contributed by atoms with Crippen LogP contribution >= 0.6 is 11.6 Å². The highest BCUT2D eigenvalue weighted by Gasteiger charge is 2.47. The first-order chi connectivity index (χ1) is 16.6. The van der Waals surface area contributed by atoms with E-state index in [-0.39, 0.29) is 11.6 Å². The number of alkyl halides is 3. The van der Waals surface area contributed by atoms with Gasteiger partial charge in [0.25, 0.3) is 5.91 Å². The number of hydrogen-bond donors (Lipinski definition) is 3. The van der Waals surface area contributed by atoms with Gasteiger partial charge in [0.15, 0.2) is 0 Å². The molecule has 182 valence electrons. The summed E-state index contributed by atoms with van der Waals surface area (Å²) in [4.78, 5) is 20.7. The fourth-order valence-corrected chi connectivity index (χ4v) is 3.52. The van der Waals surface area contributed by atoms with Crippen LogP contribution in [0.1, 0.15) is 34.5 Å². The number of pyridine rings is 2. The quantitative estimate of drug-likeness (QED) is 0.274. The molecule has 0 atom stereocenters. The van der Waals surface area contributed by atoms with Gasteiger partial charge in [0, 0.05) is 11.9 Å². The number of amides is 1. The number of benzene rings is 1. The molecule has 0 spiro atoms. The van der Waals surface area contributed by atoms with E-state index in [2.05, 4.69) is 32.5 Å². The van der Waals surface area contributed by atoms with Crippen LogP contribution in [-0.4, -0.2) is 21.4 Å². The molecule has 11 heteroatoms. The Morgan fingerprint density at radius 1 is 1.09 bits per heavy atom. The predicted octanol–water partition coefficient (Wildman–Crippen LogP) is 5.60. The summed E-state index contributed by atoms with van der Waals surface area (Å²) in [6.07, 6.45) is -0.485. The molecule has 2 heterocycles. The van der Waals surface area contributed by atoms with E-state index in [9.17, 15) is 22.4 Å². The predicted molar refractivity (Wildman–Crippen MR) is 124 cm³/mol. The van der Waals surface area contributed by atoms with Crippen molar-refractivity contribution < 1.29 is 22.4 Å². The number of anilines is 2. The van der Waals surface area contributed by atoms with Crippen LogP contribution in [-0.2, 0) is 12.7 Å². The van der Waals surface area contributed by atoms with Crippen LogP contribution in [0.4, 0.5) is 28.9 Å². The summed E-state index contributed by atoms with van der Waals surface area (Å²) in [5.41, 5.74) is -0.0311. The Morgan fingerprint density at radius 2 is 1.86 bits per heavy atom. The lowest BCUT2D eigenvalue weighted by Crippen LogP contribution is -2.42. The van der Waals surface area contributed by atoms with Crippen molar-refractivity contribution in [2.24, 2.45) is 0 Å². The molecule has 0 unspecified atom stereocenters. The maximum absolute atomic E-state index is 13.3. The summed E-state index contributed by atoms with van der Waals surface area (Å²) in [6.45, 7) is 4.33. The van der Waals surface area contributed by atoms with Crippen LogP contribution in [0, 0.1) is 5.82 Å². The summed E-state index contributed by atoms with van der Waals surface area (Å²) in [6, 6.07) is 8.74. The lowest BCUT2D eigenvalue weighted by atomic mass is 10.1. The SMILES string of the molecule is C=C(NCc1ccc(Nc2ccc(F)cc2C(F)(F)F)cn1)C1(NC(=O)c2ccc(Cl)nc2)CC1. The average molecular weight is 506 g/mol. The molecule has 4 rings (SSSR count). The minimum Gasteiger partial charge on any atom is -0.381 e. The molecule has 6 nitrogen and oxygen atoms in total. The molecule has 1 fully saturated rings. The zero-order chi connectivity index (χ0) is 25.2. The lowest BCUT2D eigenvalue weighted by molar-refractivity contribution is -0.137. The van der Waals surface area contributed by atoms with Crippen molar-refractivity contribution in [2.45, 2.75) is 31.1 Å². The second-order valence-electron chi connectivity index (χ2n) is 8.09. The molecule has 0 bridgehead atoms. The van der Waals surface area contributed by atoms with Gasteiger partial charge in [-0.3, -0.25) is 9.78 Å². The van der Waals surface area contributed by atoms with Gasteiger partial charge in [-0.05, 0) is 55.3 Å². The Kier molecular flexibility index (Phi) is 6.66. The van der Waals surface area contributed by atoms with E-state index < -0.39 is 23.1 Å². The van der Waals surface area contributed by atoms with Gasteiger partial charge in [-0.15, -0.1) is 0 Å². The van der Waals surface area contributed by atoms with E-state index in [1.165, 1.54) is 18.5 Å². The normalized spacial score (nSPS) is 14.2. The Labute approximate surface area is 203 Å². The molecule has 35 heavy (non-hydrogen) atoms. The van der Waals surface area contributed by atoms with Crippen molar-refractivity contribution in [1.29, 1.82) is 0 Å². The van der Waals surface area contributed by atoms with Crippen LogP contribution in [0.15, 0.2) is 67.1 Å². The summed E-state index contributed by atoms with van der Waals surface area (Å²) in [7, 11) is 0. The third-order valence-electron chi connectivity index (χ3n) is 5.54. The lowest BCUT2D eigenvalue weighted by Gasteiger charge is -2.21. The topological polar surface area (TPSA) is 78.9 Å². The first-order valence-corrected chi connectivity index (χ1v) is 10.9. The smallest absolute Gasteiger partial charge is 0.381 e. The number of carbonyl (C=O) groups excluding carboxylic acids is 1. The molecule has 0 radical (unpaired) electrons. The molecule has 2 aromatic heterocycles. The second kappa shape index (κ2) is 9.53. The van der Waals surface area contributed by atoms with Crippen molar-refractivity contribution in [3.8, 4) is 0 Å². The number of carbonyl (C=O) groups is 1. The third kappa shape index (κ3) is 5.89. The standard InChI is InChI=1S/C24H20ClF4N5O/c1-14(23(8-9-23)34-22(35)15-2-7-21(25)32-11-15)30-12-17-4-5-18(13-31-17)33-20-6-3-16(26)10-19(20)24(27,28)29/h2-7,10-11,13,30,33H,1,8-9,12H2,(H,34,35). The summed E-state index contributed by atoms with van der Waals surface area (Å²) in [5.74, 6) is -1.26. The fourth-order valence-electron chi connectivity index (χ4n) is 3.41. The molecule has 1 aliphatic carbocycles. The van der Waals surface area contributed by atoms with Crippen LogP contribution in [0.2, 0.25) is 5.15 Å². The molecule has 3 aromatic rings. The van der Waals surface area contributed by atoms with Gasteiger partial charge < -0.3 is 16.0 Å². The molecule has 0 saturated heterocycles. The number of hydrogen-bond acceptors (Lipinski definition) is 5. The Bertz CT molecular complexity index is 1240. The zero-order valence-corrected chi connectivity index (χ0v) is 19.0. The number of aromatic nitrogens is 2. The Morgan fingerprint density at radius 3 is 2.46 bits per heavy atom. The zero-order valence-electron chi connectivity index (χ0n) is 18.2. The van der Waals surface area contributed by atoms with Crippen LogP contribution < -0.4 is 16.0 Å². The van der Waals surface area contributed by atoms with Gasteiger partial charge >= 0.3 is 6.18 Å². The van der Waals surface area contributed by atoms with E-state index in [4.69, 9.17) is 11.6 Å². The van der Waals surface area contributed by atoms with Gasteiger partial charge in [-0.1, -0.05) is 18.2 Å². The van der Waals surface area contributed by atoms with E-state index in [0.29, 0.717) is 40.4 Å².